The van der Waals surface area contributed by atoms with Crippen molar-refractivity contribution in [2.45, 2.75) is 27.3 Å². The second-order valence-corrected chi connectivity index (χ2v) is 6.17. The fraction of sp³-hybridized carbons (Fsp3) is 0.300. The molecule has 0 fully saturated rings. The first-order chi connectivity index (χ1) is 12.4. The van der Waals surface area contributed by atoms with Crippen LogP contribution in [0.25, 0.3) is 0 Å². The number of anilines is 1. The van der Waals surface area contributed by atoms with E-state index in [1.807, 2.05) is 57.2 Å². The molecular weight excluding hydrogens is 330 g/mol. The first-order valence-electron chi connectivity index (χ1n) is 8.42. The van der Waals surface area contributed by atoms with Gasteiger partial charge >= 0.3 is 6.03 Å². The van der Waals surface area contributed by atoms with E-state index in [9.17, 15) is 9.59 Å². The SMILES string of the molecule is COc1ccccc1CNC(=O)NCC(=O)Nc1c(C)cc(C)cc1C. The second-order valence-electron chi connectivity index (χ2n) is 6.17. The van der Waals surface area contributed by atoms with Crippen molar-refractivity contribution in [2.24, 2.45) is 0 Å². The van der Waals surface area contributed by atoms with Gasteiger partial charge in [-0.25, -0.2) is 4.79 Å². The lowest BCUT2D eigenvalue weighted by molar-refractivity contribution is -0.115. The molecule has 0 saturated heterocycles. The average molecular weight is 355 g/mol. The standard InChI is InChI=1S/C20H25N3O3/c1-13-9-14(2)19(15(3)10-13)23-18(24)12-22-20(25)21-11-16-7-5-6-8-17(16)26-4/h5-10H,11-12H2,1-4H3,(H,23,24)(H2,21,22,25). The van der Waals surface area contributed by atoms with E-state index in [0.717, 1.165) is 27.9 Å². The topological polar surface area (TPSA) is 79.5 Å². The number of para-hydroxylation sites is 1. The summed E-state index contributed by atoms with van der Waals surface area (Å²) in [6.45, 7) is 6.11. The molecule has 0 aliphatic rings. The number of carbonyl (C=O) groups excluding carboxylic acids is 2. The molecule has 0 radical (unpaired) electrons. The van der Waals surface area contributed by atoms with E-state index in [1.54, 1.807) is 7.11 Å². The zero-order valence-electron chi connectivity index (χ0n) is 15.6. The van der Waals surface area contributed by atoms with Crippen LogP contribution in [0.1, 0.15) is 22.3 Å². The molecule has 0 atom stereocenters. The molecule has 0 aliphatic carbocycles. The van der Waals surface area contributed by atoms with Crippen LogP contribution in [0.5, 0.6) is 5.75 Å². The van der Waals surface area contributed by atoms with Crippen molar-refractivity contribution in [1.82, 2.24) is 10.6 Å². The Kier molecular flexibility index (Phi) is 6.60. The Labute approximate surface area is 153 Å². The highest BCUT2D eigenvalue weighted by atomic mass is 16.5. The van der Waals surface area contributed by atoms with Crippen molar-refractivity contribution >= 4 is 17.6 Å². The number of urea groups is 1. The number of hydrogen-bond donors (Lipinski definition) is 3. The van der Waals surface area contributed by atoms with Crippen LogP contribution in [-0.2, 0) is 11.3 Å². The molecule has 2 rings (SSSR count). The number of amides is 3. The van der Waals surface area contributed by atoms with Crippen LogP contribution in [-0.4, -0.2) is 25.6 Å². The molecule has 26 heavy (non-hydrogen) atoms. The molecule has 3 amide bonds. The van der Waals surface area contributed by atoms with Crippen LogP contribution in [0.2, 0.25) is 0 Å². The second kappa shape index (κ2) is 8.89. The van der Waals surface area contributed by atoms with Gasteiger partial charge in [-0.1, -0.05) is 35.9 Å². The summed E-state index contributed by atoms with van der Waals surface area (Å²) in [5.41, 5.74) is 4.79. The highest BCUT2D eigenvalue weighted by molar-refractivity contribution is 5.95. The minimum atomic E-state index is -0.414. The highest BCUT2D eigenvalue weighted by Gasteiger charge is 2.10. The van der Waals surface area contributed by atoms with Crippen LogP contribution in [0.15, 0.2) is 36.4 Å². The van der Waals surface area contributed by atoms with Crippen molar-refractivity contribution in [2.75, 3.05) is 19.0 Å². The molecule has 6 heteroatoms. The molecule has 0 spiro atoms. The Bertz CT molecular complexity index is 780. The number of aryl methyl sites for hydroxylation is 3. The van der Waals surface area contributed by atoms with E-state index < -0.39 is 6.03 Å². The first-order valence-corrected chi connectivity index (χ1v) is 8.42. The molecule has 0 heterocycles. The number of ether oxygens (including phenoxy) is 1. The number of benzene rings is 2. The van der Waals surface area contributed by atoms with Crippen molar-refractivity contribution < 1.29 is 14.3 Å². The molecule has 138 valence electrons. The molecule has 0 bridgehead atoms. The van der Waals surface area contributed by atoms with Gasteiger partial charge < -0.3 is 20.7 Å². The molecule has 0 aliphatic heterocycles. The zero-order valence-corrected chi connectivity index (χ0v) is 15.6. The Morgan fingerprint density at radius 1 is 1.00 bits per heavy atom. The predicted octanol–water partition coefficient (Wildman–Crippen LogP) is 3.06. The van der Waals surface area contributed by atoms with Crippen LogP contribution in [0.3, 0.4) is 0 Å². The van der Waals surface area contributed by atoms with E-state index in [-0.39, 0.29) is 12.5 Å². The average Bonchev–Trinajstić information content (AvgIpc) is 2.61. The largest absolute Gasteiger partial charge is 0.496 e. The fourth-order valence-corrected chi connectivity index (χ4v) is 2.81. The fourth-order valence-electron chi connectivity index (χ4n) is 2.81. The Balaban J connectivity index is 1.83. The third kappa shape index (κ3) is 5.24. The number of rotatable bonds is 6. The summed E-state index contributed by atoms with van der Waals surface area (Å²) in [7, 11) is 1.58. The molecule has 6 nitrogen and oxygen atoms in total. The van der Waals surface area contributed by atoms with Crippen LogP contribution >= 0.6 is 0 Å². The van der Waals surface area contributed by atoms with E-state index in [0.29, 0.717) is 12.3 Å². The highest BCUT2D eigenvalue weighted by Crippen LogP contribution is 2.21. The summed E-state index contributed by atoms with van der Waals surface area (Å²) in [5, 5.41) is 8.12. The van der Waals surface area contributed by atoms with Gasteiger partial charge in [-0.15, -0.1) is 0 Å². The molecular formula is C20H25N3O3. The number of hydrogen-bond acceptors (Lipinski definition) is 3. The van der Waals surface area contributed by atoms with Crippen molar-refractivity contribution in [1.29, 1.82) is 0 Å². The monoisotopic (exact) mass is 355 g/mol. The summed E-state index contributed by atoms with van der Waals surface area (Å²) in [6, 6.07) is 11.0. The van der Waals surface area contributed by atoms with Crippen molar-refractivity contribution in [3.8, 4) is 5.75 Å². The number of nitrogens with one attached hydrogen (secondary N) is 3. The van der Waals surface area contributed by atoms with Gasteiger partial charge in [0.1, 0.15) is 5.75 Å². The zero-order chi connectivity index (χ0) is 19.1. The summed E-state index contributed by atoms with van der Waals surface area (Å²) in [6.07, 6.45) is 0. The maximum absolute atomic E-state index is 12.1. The van der Waals surface area contributed by atoms with E-state index in [1.165, 1.54) is 0 Å². The maximum atomic E-state index is 12.1. The van der Waals surface area contributed by atoms with Gasteiger partial charge in [0.15, 0.2) is 0 Å². The van der Waals surface area contributed by atoms with E-state index >= 15 is 0 Å². The normalized spacial score (nSPS) is 10.2. The third-order valence-corrected chi connectivity index (χ3v) is 3.98. The lowest BCUT2D eigenvalue weighted by atomic mass is 10.1. The van der Waals surface area contributed by atoms with Crippen molar-refractivity contribution in [3.05, 3.63) is 58.7 Å². The maximum Gasteiger partial charge on any atom is 0.315 e. The summed E-state index contributed by atoms with van der Waals surface area (Å²) >= 11 is 0. The van der Waals surface area contributed by atoms with Gasteiger partial charge in [0, 0.05) is 17.8 Å². The van der Waals surface area contributed by atoms with Gasteiger partial charge in [0.25, 0.3) is 0 Å². The first kappa shape index (κ1) is 19.3. The van der Waals surface area contributed by atoms with Gasteiger partial charge in [-0.05, 0) is 38.0 Å². The van der Waals surface area contributed by atoms with Crippen molar-refractivity contribution in [3.63, 3.8) is 0 Å². The van der Waals surface area contributed by atoms with E-state index in [4.69, 9.17) is 4.74 Å². The molecule has 0 unspecified atom stereocenters. The summed E-state index contributed by atoms with van der Waals surface area (Å²) < 4.78 is 5.24. The molecule has 2 aromatic carbocycles. The predicted molar refractivity (Wildman–Crippen MR) is 103 cm³/mol. The molecule has 2 aromatic rings. The van der Waals surface area contributed by atoms with Crippen LogP contribution in [0.4, 0.5) is 10.5 Å². The van der Waals surface area contributed by atoms with Gasteiger partial charge in [0.2, 0.25) is 5.91 Å². The van der Waals surface area contributed by atoms with Gasteiger partial charge in [0.05, 0.1) is 13.7 Å². The van der Waals surface area contributed by atoms with Crippen LogP contribution in [0, 0.1) is 20.8 Å². The minimum absolute atomic E-state index is 0.107. The third-order valence-electron chi connectivity index (χ3n) is 3.98. The smallest absolute Gasteiger partial charge is 0.315 e. The van der Waals surface area contributed by atoms with Gasteiger partial charge in [-0.3, -0.25) is 4.79 Å². The van der Waals surface area contributed by atoms with Gasteiger partial charge in [-0.2, -0.15) is 0 Å². The quantitative estimate of drug-likeness (QED) is 0.745. The summed E-state index contributed by atoms with van der Waals surface area (Å²) in [4.78, 5) is 24.0. The lowest BCUT2D eigenvalue weighted by Gasteiger charge is -2.14. The van der Waals surface area contributed by atoms with Crippen LogP contribution < -0.4 is 20.7 Å². The molecule has 0 saturated carbocycles. The summed E-state index contributed by atoms with van der Waals surface area (Å²) in [5.74, 6) is 0.434. The lowest BCUT2D eigenvalue weighted by Crippen LogP contribution is -2.39. The molecule has 3 N–H and O–H groups in total. The Morgan fingerprint density at radius 2 is 1.65 bits per heavy atom. The Hall–Kier alpha value is -3.02. The number of carbonyl (C=O) groups is 2. The minimum Gasteiger partial charge on any atom is -0.496 e. The Morgan fingerprint density at radius 3 is 2.31 bits per heavy atom. The number of methoxy groups -OCH3 is 1. The molecule has 0 aromatic heterocycles. The van der Waals surface area contributed by atoms with E-state index in [2.05, 4.69) is 16.0 Å².